The Hall–Kier alpha value is -3.50. The number of amides is 1. The second-order valence-corrected chi connectivity index (χ2v) is 13.4. The average molecular weight is 615 g/mol. The summed E-state index contributed by atoms with van der Waals surface area (Å²) in [6.45, 7) is 2.08. The molecule has 204 valence electrons. The van der Waals surface area contributed by atoms with Crippen molar-refractivity contribution in [1.82, 2.24) is 14.5 Å². The number of fused-ring (bicyclic) bond motifs is 4. The van der Waals surface area contributed by atoms with Gasteiger partial charge in [0.15, 0.2) is 5.16 Å². The van der Waals surface area contributed by atoms with Crippen molar-refractivity contribution in [2.75, 3.05) is 11.1 Å². The number of hydrogen-bond acceptors (Lipinski definition) is 7. The molecule has 1 aliphatic carbocycles. The molecule has 0 spiro atoms. The van der Waals surface area contributed by atoms with E-state index in [-0.39, 0.29) is 17.2 Å². The monoisotopic (exact) mass is 614 g/mol. The Morgan fingerprint density at radius 3 is 2.63 bits per heavy atom. The number of nitrogens with one attached hydrogen (secondary N) is 1. The molecule has 10 heteroatoms. The van der Waals surface area contributed by atoms with Crippen molar-refractivity contribution < 1.29 is 4.79 Å². The first-order valence-corrected chi connectivity index (χ1v) is 16.2. The van der Waals surface area contributed by atoms with Crippen molar-refractivity contribution >= 4 is 78.1 Å². The zero-order valence-electron chi connectivity index (χ0n) is 21.9. The van der Waals surface area contributed by atoms with Crippen molar-refractivity contribution in [3.05, 3.63) is 98.1 Å². The van der Waals surface area contributed by atoms with Gasteiger partial charge in [-0.2, -0.15) is 0 Å². The second kappa shape index (κ2) is 10.7. The number of rotatable bonds is 6. The fourth-order valence-corrected chi connectivity index (χ4v) is 8.43. The third-order valence-corrected chi connectivity index (χ3v) is 10.5. The number of hydrogen-bond donors (Lipinski definition) is 1. The summed E-state index contributed by atoms with van der Waals surface area (Å²) in [7, 11) is 0. The standard InChI is InChI=1S/C31H23ClN4O2S3/c1-17-5-14-23-25(15-17)41-28(34-23)18-6-10-20(11-7-18)33-26(37)16-39-31-35-29-27(22-3-2-4-24(22)40-29)30(38)36(31)21-12-8-19(32)9-13-21/h5-15H,2-4,16H2,1H3,(H,33,37). The van der Waals surface area contributed by atoms with Gasteiger partial charge in [-0.1, -0.05) is 29.4 Å². The molecular weight excluding hydrogens is 592 g/mol. The quantitative estimate of drug-likeness (QED) is 0.152. The lowest BCUT2D eigenvalue weighted by atomic mass is 10.2. The van der Waals surface area contributed by atoms with Crippen LogP contribution in [0.25, 0.3) is 36.7 Å². The van der Waals surface area contributed by atoms with Gasteiger partial charge < -0.3 is 5.32 Å². The van der Waals surface area contributed by atoms with Crippen LogP contribution in [-0.2, 0) is 17.6 Å². The Morgan fingerprint density at radius 1 is 1.02 bits per heavy atom. The number of aromatic nitrogens is 3. The van der Waals surface area contributed by atoms with Crippen molar-refractivity contribution in [1.29, 1.82) is 0 Å². The molecule has 7 rings (SSSR count). The minimum Gasteiger partial charge on any atom is -0.325 e. The number of thiazole rings is 1. The third kappa shape index (κ3) is 5.08. The summed E-state index contributed by atoms with van der Waals surface area (Å²) in [6, 6.07) is 21.1. The van der Waals surface area contributed by atoms with Crippen molar-refractivity contribution in [2.24, 2.45) is 0 Å². The van der Waals surface area contributed by atoms with Gasteiger partial charge in [0.2, 0.25) is 5.91 Å². The molecule has 6 nitrogen and oxygen atoms in total. The Kier molecular flexibility index (Phi) is 6.90. The van der Waals surface area contributed by atoms with Gasteiger partial charge in [-0.3, -0.25) is 14.2 Å². The highest BCUT2D eigenvalue weighted by atomic mass is 35.5. The van der Waals surface area contributed by atoms with E-state index >= 15 is 0 Å². The van der Waals surface area contributed by atoms with Crippen molar-refractivity contribution in [3.63, 3.8) is 0 Å². The van der Waals surface area contributed by atoms with E-state index in [9.17, 15) is 9.59 Å². The first kappa shape index (κ1) is 26.4. The Morgan fingerprint density at radius 2 is 1.83 bits per heavy atom. The summed E-state index contributed by atoms with van der Waals surface area (Å²) in [6.07, 6.45) is 2.95. The smallest absolute Gasteiger partial charge is 0.267 e. The maximum atomic E-state index is 13.8. The van der Waals surface area contributed by atoms with E-state index in [1.165, 1.54) is 22.2 Å². The molecule has 41 heavy (non-hydrogen) atoms. The molecule has 0 bridgehead atoms. The van der Waals surface area contributed by atoms with Crippen LogP contribution in [-0.4, -0.2) is 26.2 Å². The first-order chi connectivity index (χ1) is 19.9. The molecule has 0 fully saturated rings. The second-order valence-electron chi connectivity index (χ2n) is 9.95. The number of benzene rings is 3. The maximum absolute atomic E-state index is 13.8. The molecule has 3 aromatic carbocycles. The van der Waals surface area contributed by atoms with Crippen LogP contribution in [0.3, 0.4) is 0 Å². The number of anilines is 1. The van der Waals surface area contributed by atoms with E-state index in [1.807, 2.05) is 42.5 Å². The number of carbonyl (C=O) groups excluding carboxylic acids is 1. The molecular formula is C31H23ClN4O2S3. The van der Waals surface area contributed by atoms with Gasteiger partial charge in [0.25, 0.3) is 5.56 Å². The molecule has 1 aliphatic rings. The first-order valence-electron chi connectivity index (χ1n) is 13.2. The van der Waals surface area contributed by atoms with Crippen LogP contribution in [0.5, 0.6) is 0 Å². The molecule has 0 aliphatic heterocycles. The van der Waals surface area contributed by atoms with E-state index in [0.717, 1.165) is 50.4 Å². The van der Waals surface area contributed by atoms with Gasteiger partial charge in [0.05, 0.1) is 27.0 Å². The van der Waals surface area contributed by atoms with Crippen LogP contribution >= 0.6 is 46.0 Å². The number of nitrogens with zero attached hydrogens (tertiary/aromatic N) is 3. The summed E-state index contributed by atoms with van der Waals surface area (Å²) >= 11 is 10.6. The van der Waals surface area contributed by atoms with Crippen LogP contribution in [0, 0.1) is 6.92 Å². The van der Waals surface area contributed by atoms with Crippen molar-refractivity contribution in [2.45, 2.75) is 31.3 Å². The Labute approximate surface area is 253 Å². The van der Waals surface area contributed by atoms with E-state index in [4.69, 9.17) is 21.6 Å². The molecule has 0 atom stereocenters. The summed E-state index contributed by atoms with van der Waals surface area (Å²) < 4.78 is 2.77. The highest BCUT2D eigenvalue weighted by molar-refractivity contribution is 7.99. The normalized spacial score (nSPS) is 12.7. The predicted molar refractivity (Wildman–Crippen MR) is 171 cm³/mol. The van der Waals surface area contributed by atoms with Crippen LogP contribution in [0.1, 0.15) is 22.4 Å². The van der Waals surface area contributed by atoms with E-state index in [1.54, 1.807) is 39.4 Å². The number of thiophene rings is 1. The molecule has 1 amide bonds. The van der Waals surface area contributed by atoms with E-state index in [2.05, 4.69) is 24.4 Å². The summed E-state index contributed by atoms with van der Waals surface area (Å²) in [5, 5.41) is 5.69. The highest BCUT2D eigenvalue weighted by Crippen LogP contribution is 2.36. The molecule has 6 aromatic rings. The number of halogens is 1. The minimum absolute atomic E-state index is 0.0970. The van der Waals surface area contributed by atoms with Gasteiger partial charge >= 0.3 is 0 Å². The molecule has 0 saturated carbocycles. The lowest BCUT2D eigenvalue weighted by Gasteiger charge is -2.13. The summed E-state index contributed by atoms with van der Waals surface area (Å²) in [4.78, 5) is 38.4. The molecule has 0 saturated heterocycles. The highest BCUT2D eigenvalue weighted by Gasteiger charge is 2.24. The van der Waals surface area contributed by atoms with Gasteiger partial charge in [0, 0.05) is 21.2 Å². The SMILES string of the molecule is Cc1ccc2nc(-c3ccc(NC(=O)CSc4nc5sc6c(c5c(=O)n4-c4ccc(Cl)cc4)CCC6)cc3)sc2c1. The zero-order chi connectivity index (χ0) is 28.1. The lowest BCUT2D eigenvalue weighted by Crippen LogP contribution is -2.23. The molecule has 0 unspecified atom stereocenters. The van der Waals surface area contributed by atoms with Crippen molar-refractivity contribution in [3.8, 4) is 16.3 Å². The van der Waals surface area contributed by atoms with Crippen LogP contribution in [0.2, 0.25) is 5.02 Å². The Bertz CT molecular complexity index is 2010. The van der Waals surface area contributed by atoms with Gasteiger partial charge in [0.1, 0.15) is 9.84 Å². The topological polar surface area (TPSA) is 76.9 Å². The molecule has 3 heterocycles. The molecule has 0 radical (unpaired) electrons. The summed E-state index contributed by atoms with van der Waals surface area (Å²) in [5.41, 5.74) is 5.61. The zero-order valence-corrected chi connectivity index (χ0v) is 25.1. The predicted octanol–water partition coefficient (Wildman–Crippen LogP) is 7.91. The fourth-order valence-electron chi connectivity index (χ4n) is 5.12. The number of aryl methyl sites for hydroxylation is 3. The number of carbonyl (C=O) groups is 1. The average Bonchev–Trinajstić information content (AvgIpc) is 3.67. The van der Waals surface area contributed by atoms with Gasteiger partial charge in [-0.15, -0.1) is 22.7 Å². The number of thioether (sulfide) groups is 1. The fraction of sp³-hybridized carbons (Fsp3) is 0.161. The van der Waals surface area contributed by atoms with Gasteiger partial charge in [-0.05, 0) is 98.0 Å². The minimum atomic E-state index is -0.177. The van der Waals surface area contributed by atoms with Crippen LogP contribution in [0.4, 0.5) is 5.69 Å². The van der Waals surface area contributed by atoms with E-state index < -0.39 is 0 Å². The Balaban J connectivity index is 1.11. The maximum Gasteiger partial charge on any atom is 0.267 e. The van der Waals surface area contributed by atoms with Crippen LogP contribution in [0.15, 0.2) is 76.7 Å². The molecule has 3 aromatic heterocycles. The third-order valence-electron chi connectivity index (χ3n) is 7.08. The van der Waals surface area contributed by atoms with Crippen LogP contribution < -0.4 is 10.9 Å². The lowest BCUT2D eigenvalue weighted by molar-refractivity contribution is -0.113. The largest absolute Gasteiger partial charge is 0.325 e. The summed E-state index contributed by atoms with van der Waals surface area (Å²) in [5.74, 6) is -0.0702. The van der Waals surface area contributed by atoms with Gasteiger partial charge in [-0.25, -0.2) is 9.97 Å². The molecule has 1 N–H and O–H groups in total. The van der Waals surface area contributed by atoms with E-state index in [0.29, 0.717) is 26.9 Å².